The van der Waals surface area contributed by atoms with Crippen molar-refractivity contribution in [2.24, 2.45) is 11.8 Å². The summed E-state index contributed by atoms with van der Waals surface area (Å²) in [6.45, 7) is 4.83. The van der Waals surface area contributed by atoms with E-state index in [1.807, 2.05) is 25.1 Å². The van der Waals surface area contributed by atoms with Crippen molar-refractivity contribution < 1.29 is 14.6 Å². The van der Waals surface area contributed by atoms with Crippen LogP contribution in [0, 0.1) is 18.8 Å². The average molecular weight is 495 g/mol. The first-order valence-corrected chi connectivity index (χ1v) is 14.1. The van der Waals surface area contributed by atoms with Gasteiger partial charge in [-0.15, -0.1) is 11.3 Å². The number of hydrogen-bond acceptors (Lipinski definition) is 6. The highest BCUT2D eigenvalue weighted by atomic mass is 32.1. The third-order valence-corrected chi connectivity index (χ3v) is 8.73. The average Bonchev–Trinajstić information content (AvgIpc) is 3.29. The van der Waals surface area contributed by atoms with Gasteiger partial charge in [-0.3, -0.25) is 0 Å². The molecule has 2 heterocycles. The van der Waals surface area contributed by atoms with Gasteiger partial charge in [-0.25, -0.2) is 9.78 Å². The highest BCUT2D eigenvalue weighted by Crippen LogP contribution is 2.41. The largest absolute Gasteiger partial charge is 0.385 e. The second kappa shape index (κ2) is 13.8. The molecule has 1 aromatic rings. The minimum absolute atomic E-state index is 0.0119. The van der Waals surface area contributed by atoms with Gasteiger partial charge in [-0.1, -0.05) is 32.1 Å². The summed E-state index contributed by atoms with van der Waals surface area (Å²) in [4.78, 5) is 20.9. The van der Waals surface area contributed by atoms with Crippen molar-refractivity contribution in [1.29, 1.82) is 0 Å². The number of nitrogens with zero attached hydrogens (tertiary/aromatic N) is 2. The number of aliphatic hydroxyl groups is 1. The maximum absolute atomic E-state index is 13.3. The first kappa shape index (κ1) is 27.4. The van der Waals surface area contributed by atoms with Crippen LogP contribution in [0.15, 0.2) is 6.20 Å². The van der Waals surface area contributed by atoms with Crippen molar-refractivity contribution in [2.45, 2.75) is 89.2 Å². The predicted octanol–water partition coefficient (Wildman–Crippen LogP) is 4.44. The number of hydrogen-bond donors (Lipinski definition) is 3. The van der Waals surface area contributed by atoms with E-state index in [2.05, 4.69) is 15.6 Å². The molecule has 1 unspecified atom stereocenters. The van der Waals surface area contributed by atoms with Crippen LogP contribution in [0.1, 0.15) is 80.5 Å². The van der Waals surface area contributed by atoms with Gasteiger partial charge in [0.15, 0.2) is 0 Å². The summed E-state index contributed by atoms with van der Waals surface area (Å²) in [7, 11) is 3.67. The maximum Gasteiger partial charge on any atom is 0.317 e. The van der Waals surface area contributed by atoms with Crippen molar-refractivity contribution in [3.05, 3.63) is 16.1 Å². The molecule has 3 rings (SSSR count). The fourth-order valence-electron chi connectivity index (χ4n) is 5.76. The molecule has 1 saturated carbocycles. The minimum Gasteiger partial charge on any atom is -0.385 e. The third kappa shape index (κ3) is 7.64. The van der Waals surface area contributed by atoms with Crippen molar-refractivity contribution in [1.82, 2.24) is 20.5 Å². The number of thiazole rings is 1. The molecule has 34 heavy (non-hydrogen) atoms. The normalized spacial score (nSPS) is 22.4. The monoisotopic (exact) mass is 494 g/mol. The molecule has 1 aromatic heterocycles. The zero-order valence-corrected chi connectivity index (χ0v) is 22.3. The van der Waals surface area contributed by atoms with Crippen LogP contribution < -0.4 is 10.6 Å². The summed E-state index contributed by atoms with van der Waals surface area (Å²) < 4.78 is 5.21. The van der Waals surface area contributed by atoms with Gasteiger partial charge in [0.05, 0.1) is 0 Å². The summed E-state index contributed by atoms with van der Waals surface area (Å²) in [5.74, 6) is 0.702. The lowest BCUT2D eigenvalue weighted by molar-refractivity contribution is -0.0565. The molecular formula is C26H46N4O3S. The van der Waals surface area contributed by atoms with Crippen molar-refractivity contribution in [3.63, 3.8) is 0 Å². The van der Waals surface area contributed by atoms with Crippen molar-refractivity contribution >= 4 is 17.4 Å². The maximum atomic E-state index is 13.3. The van der Waals surface area contributed by atoms with E-state index in [-0.39, 0.29) is 18.0 Å². The lowest BCUT2D eigenvalue weighted by atomic mass is 9.78. The number of aromatic nitrogens is 1. The van der Waals surface area contributed by atoms with E-state index in [9.17, 15) is 9.90 Å². The predicted molar refractivity (Wildman–Crippen MR) is 138 cm³/mol. The van der Waals surface area contributed by atoms with Crippen LogP contribution in [0.4, 0.5) is 4.79 Å². The Balaban J connectivity index is 1.64. The summed E-state index contributed by atoms with van der Waals surface area (Å²) in [5.41, 5.74) is -1.00. The van der Waals surface area contributed by atoms with Gasteiger partial charge < -0.3 is 25.4 Å². The third-order valence-electron chi connectivity index (χ3n) is 7.65. The van der Waals surface area contributed by atoms with E-state index in [0.717, 1.165) is 55.1 Å². The highest BCUT2D eigenvalue weighted by Gasteiger charge is 2.43. The van der Waals surface area contributed by atoms with Gasteiger partial charge in [0.25, 0.3) is 0 Å². The number of unbranched alkanes of at least 4 members (excludes halogenated alkanes) is 1. The number of carbonyl (C=O) groups is 1. The number of ether oxygens (including phenoxy) is 1. The number of carbonyl (C=O) groups excluding carboxylic acids is 1. The first-order valence-electron chi connectivity index (χ1n) is 13.3. The fraction of sp³-hybridized carbons (Fsp3) is 0.846. The van der Waals surface area contributed by atoms with Crippen molar-refractivity contribution in [3.8, 4) is 0 Å². The Bertz CT molecular complexity index is 739. The molecule has 8 heteroatoms. The molecule has 2 amide bonds. The molecule has 1 aliphatic carbocycles. The molecule has 2 aliphatic rings. The molecule has 0 radical (unpaired) electrons. The molecule has 1 saturated heterocycles. The number of likely N-dealkylation sites (N-methyl/N-ethyl adjacent to an activating group) is 1. The molecule has 3 N–H and O–H groups in total. The molecule has 3 atom stereocenters. The second-order valence-electron chi connectivity index (χ2n) is 10.4. The summed E-state index contributed by atoms with van der Waals surface area (Å²) >= 11 is 1.58. The molecule has 1 aliphatic heterocycles. The van der Waals surface area contributed by atoms with Gasteiger partial charge in [0, 0.05) is 56.4 Å². The number of likely N-dealkylation sites (tertiary alicyclic amines) is 1. The van der Waals surface area contributed by atoms with Gasteiger partial charge in [0.2, 0.25) is 0 Å². The van der Waals surface area contributed by atoms with Crippen LogP contribution in [0.2, 0.25) is 0 Å². The molecule has 0 spiro atoms. The lowest BCUT2D eigenvalue weighted by Crippen LogP contribution is -2.54. The quantitative estimate of drug-likeness (QED) is 0.374. The van der Waals surface area contributed by atoms with E-state index in [1.54, 1.807) is 18.4 Å². The molecule has 7 nitrogen and oxygen atoms in total. The van der Waals surface area contributed by atoms with Crippen molar-refractivity contribution in [2.75, 3.05) is 40.4 Å². The standard InChI is InChI=1S/C26H46N4O3S/c1-20-17-28-24(34-20)26(32,13-7-8-15-33-3)22-12-9-14-30(19-22)25(31)29-23(18-27-2)16-21-10-5-4-6-11-21/h17,21-23,27,32H,4-16,18-19H2,1-3H3,(H,29,31)/t22-,23?,26+/m1/s1. The second-order valence-corrected chi connectivity index (χ2v) is 11.6. The van der Waals surface area contributed by atoms with Crippen LogP contribution in [-0.4, -0.2) is 67.5 Å². The number of aryl methyl sites for hydroxylation is 1. The van der Waals surface area contributed by atoms with Gasteiger partial charge >= 0.3 is 6.03 Å². The van der Waals surface area contributed by atoms with E-state index >= 15 is 0 Å². The molecule has 2 fully saturated rings. The topological polar surface area (TPSA) is 86.7 Å². The van der Waals surface area contributed by atoms with Gasteiger partial charge in [-0.05, 0) is 58.4 Å². The Morgan fingerprint density at radius 2 is 2.09 bits per heavy atom. The van der Waals surface area contributed by atoms with E-state index < -0.39 is 5.60 Å². The van der Waals surface area contributed by atoms with Crippen LogP contribution >= 0.6 is 11.3 Å². The Morgan fingerprint density at radius 3 is 2.76 bits per heavy atom. The summed E-state index contributed by atoms with van der Waals surface area (Å²) in [6.07, 6.45) is 13.7. The fourth-order valence-corrected chi connectivity index (χ4v) is 6.72. The van der Waals surface area contributed by atoms with Crippen LogP contribution in [0.3, 0.4) is 0 Å². The molecule has 0 bridgehead atoms. The Kier molecular flexibility index (Phi) is 11.1. The van der Waals surface area contributed by atoms with Crippen LogP contribution in [0.5, 0.6) is 0 Å². The number of nitrogens with one attached hydrogen (secondary N) is 2. The van der Waals surface area contributed by atoms with E-state index in [4.69, 9.17) is 4.74 Å². The number of amides is 2. The van der Waals surface area contributed by atoms with Crippen LogP contribution in [0.25, 0.3) is 0 Å². The first-order chi connectivity index (χ1) is 16.5. The number of urea groups is 1. The van der Waals surface area contributed by atoms with Crippen LogP contribution in [-0.2, 0) is 10.3 Å². The Labute approximate surface area is 210 Å². The summed E-state index contributed by atoms with van der Waals surface area (Å²) in [5, 5.41) is 19.3. The number of rotatable bonds is 12. The highest BCUT2D eigenvalue weighted by molar-refractivity contribution is 7.11. The zero-order valence-electron chi connectivity index (χ0n) is 21.5. The SMILES string of the molecule is CNCC(CC1CCCCC1)NC(=O)N1CCC[C@@H]([C@@](O)(CCCCOC)c2ncc(C)s2)C1. The summed E-state index contributed by atoms with van der Waals surface area (Å²) in [6, 6.07) is 0.160. The zero-order chi connectivity index (χ0) is 24.4. The van der Waals surface area contributed by atoms with Gasteiger partial charge in [-0.2, -0.15) is 0 Å². The molecule has 194 valence electrons. The molecule has 0 aromatic carbocycles. The Hall–Kier alpha value is -1.22. The molecular weight excluding hydrogens is 448 g/mol. The number of methoxy groups -OCH3 is 1. The van der Waals surface area contributed by atoms with E-state index in [1.165, 1.54) is 32.1 Å². The smallest absolute Gasteiger partial charge is 0.317 e. The minimum atomic E-state index is -1.00. The van der Waals surface area contributed by atoms with E-state index in [0.29, 0.717) is 25.5 Å². The van der Waals surface area contributed by atoms with Gasteiger partial charge in [0.1, 0.15) is 10.6 Å². The number of piperidine rings is 1. The Morgan fingerprint density at radius 1 is 1.29 bits per heavy atom. The lowest BCUT2D eigenvalue weighted by Gasteiger charge is -2.42.